The molecule has 1 atom stereocenters. The molecule has 0 saturated heterocycles. The van der Waals surface area contributed by atoms with E-state index >= 15 is 0 Å². The zero-order valence-corrected chi connectivity index (χ0v) is 12.7. The molecule has 1 aliphatic rings. The summed E-state index contributed by atoms with van der Waals surface area (Å²) in [7, 11) is 0. The lowest BCUT2D eigenvalue weighted by atomic mass is 9.77. The smallest absolute Gasteiger partial charge is 0.0605 e. The van der Waals surface area contributed by atoms with Gasteiger partial charge in [0.05, 0.1) is 11.7 Å². The second kappa shape index (κ2) is 7.04. The van der Waals surface area contributed by atoms with Crippen LogP contribution in [0, 0.1) is 18.8 Å². The van der Waals surface area contributed by atoms with Crippen LogP contribution in [0.1, 0.15) is 63.3 Å². The summed E-state index contributed by atoms with van der Waals surface area (Å²) in [5, 5.41) is 3.75. The van der Waals surface area contributed by atoms with Gasteiger partial charge in [-0.05, 0) is 56.2 Å². The van der Waals surface area contributed by atoms with Gasteiger partial charge in [0.25, 0.3) is 0 Å². The molecule has 1 heterocycles. The molecule has 0 aromatic carbocycles. The summed E-state index contributed by atoms with van der Waals surface area (Å²) in [6.07, 6.45) is 8.57. The van der Waals surface area contributed by atoms with Gasteiger partial charge in [0.2, 0.25) is 0 Å². The van der Waals surface area contributed by atoms with E-state index in [9.17, 15) is 0 Å². The molecule has 2 rings (SSSR count). The van der Waals surface area contributed by atoms with E-state index in [0.29, 0.717) is 6.04 Å². The van der Waals surface area contributed by atoms with Crippen LogP contribution in [0.15, 0.2) is 18.3 Å². The molecule has 1 saturated carbocycles. The van der Waals surface area contributed by atoms with Gasteiger partial charge in [-0.2, -0.15) is 0 Å². The zero-order chi connectivity index (χ0) is 13.7. The molecule has 2 nitrogen and oxygen atoms in total. The van der Waals surface area contributed by atoms with Crippen molar-refractivity contribution in [1.82, 2.24) is 10.3 Å². The standard InChI is InChI=1S/C17H28N2/c1-4-11-18-17(15-9-7-13(2)8-10-15)16-14(3)6-5-12-19-16/h5-6,12-13,15,17-18H,4,7-11H2,1-3H3. The Morgan fingerprint density at radius 3 is 2.68 bits per heavy atom. The topological polar surface area (TPSA) is 24.9 Å². The van der Waals surface area contributed by atoms with Gasteiger partial charge >= 0.3 is 0 Å². The van der Waals surface area contributed by atoms with E-state index in [0.717, 1.165) is 18.4 Å². The quantitative estimate of drug-likeness (QED) is 0.855. The predicted octanol–water partition coefficient (Wildman–Crippen LogP) is 4.26. The van der Waals surface area contributed by atoms with Crippen LogP contribution in [0.4, 0.5) is 0 Å². The maximum atomic E-state index is 4.66. The first kappa shape index (κ1) is 14.5. The second-order valence-corrected chi connectivity index (χ2v) is 6.16. The van der Waals surface area contributed by atoms with Gasteiger partial charge in [-0.3, -0.25) is 4.98 Å². The van der Waals surface area contributed by atoms with E-state index in [1.54, 1.807) is 0 Å². The van der Waals surface area contributed by atoms with Gasteiger partial charge in [-0.25, -0.2) is 0 Å². The molecular weight excluding hydrogens is 232 g/mol. The van der Waals surface area contributed by atoms with E-state index in [4.69, 9.17) is 0 Å². The molecule has 1 fully saturated rings. The Hall–Kier alpha value is -0.890. The minimum atomic E-state index is 0.452. The number of nitrogens with zero attached hydrogens (tertiary/aromatic N) is 1. The Labute approximate surface area is 118 Å². The third-order valence-electron chi connectivity index (χ3n) is 4.49. The number of aromatic nitrogens is 1. The number of pyridine rings is 1. The highest BCUT2D eigenvalue weighted by Gasteiger charge is 2.28. The highest BCUT2D eigenvalue weighted by molar-refractivity contribution is 5.22. The summed E-state index contributed by atoms with van der Waals surface area (Å²) in [4.78, 5) is 4.66. The SMILES string of the molecule is CCCNC(c1ncccc1C)C1CCC(C)CC1. The fourth-order valence-electron chi connectivity index (χ4n) is 3.23. The molecule has 2 heteroatoms. The molecule has 0 radical (unpaired) electrons. The van der Waals surface area contributed by atoms with Gasteiger partial charge in [0, 0.05) is 6.20 Å². The van der Waals surface area contributed by atoms with Crippen molar-refractivity contribution in [2.45, 2.75) is 58.9 Å². The Balaban J connectivity index is 2.13. The van der Waals surface area contributed by atoms with Crippen molar-refractivity contribution >= 4 is 0 Å². The fraction of sp³-hybridized carbons (Fsp3) is 0.706. The first-order valence-corrected chi connectivity index (χ1v) is 7.87. The van der Waals surface area contributed by atoms with Crippen LogP contribution in [0.25, 0.3) is 0 Å². The number of aryl methyl sites for hydroxylation is 1. The van der Waals surface area contributed by atoms with Gasteiger partial charge in [-0.1, -0.05) is 32.8 Å². The average Bonchev–Trinajstić information content (AvgIpc) is 2.43. The summed E-state index contributed by atoms with van der Waals surface area (Å²) in [6, 6.07) is 4.68. The lowest BCUT2D eigenvalue weighted by Gasteiger charge is -2.33. The predicted molar refractivity (Wildman–Crippen MR) is 81.1 cm³/mol. The van der Waals surface area contributed by atoms with Crippen molar-refractivity contribution in [3.63, 3.8) is 0 Å². The third kappa shape index (κ3) is 3.79. The highest BCUT2D eigenvalue weighted by Crippen LogP contribution is 2.36. The van der Waals surface area contributed by atoms with Crippen LogP contribution < -0.4 is 5.32 Å². The molecule has 1 N–H and O–H groups in total. The fourth-order valence-corrected chi connectivity index (χ4v) is 3.23. The van der Waals surface area contributed by atoms with Crippen LogP contribution in [0.5, 0.6) is 0 Å². The van der Waals surface area contributed by atoms with Crippen LogP contribution in [0.3, 0.4) is 0 Å². The van der Waals surface area contributed by atoms with E-state index < -0.39 is 0 Å². The van der Waals surface area contributed by atoms with Crippen molar-refractivity contribution in [3.8, 4) is 0 Å². The summed E-state index contributed by atoms with van der Waals surface area (Å²) in [5.74, 6) is 1.67. The second-order valence-electron chi connectivity index (χ2n) is 6.16. The lowest BCUT2D eigenvalue weighted by molar-refractivity contribution is 0.228. The van der Waals surface area contributed by atoms with Gasteiger partial charge in [0.1, 0.15) is 0 Å². The van der Waals surface area contributed by atoms with Crippen molar-refractivity contribution in [1.29, 1.82) is 0 Å². The largest absolute Gasteiger partial charge is 0.308 e. The number of rotatable bonds is 5. The van der Waals surface area contributed by atoms with Crippen molar-refractivity contribution < 1.29 is 0 Å². The van der Waals surface area contributed by atoms with Gasteiger partial charge in [0.15, 0.2) is 0 Å². The van der Waals surface area contributed by atoms with Crippen LogP contribution in [0.2, 0.25) is 0 Å². The van der Waals surface area contributed by atoms with Gasteiger partial charge < -0.3 is 5.32 Å². The van der Waals surface area contributed by atoms with E-state index in [1.807, 2.05) is 12.3 Å². The van der Waals surface area contributed by atoms with Crippen LogP contribution >= 0.6 is 0 Å². The molecule has 1 aromatic rings. The van der Waals surface area contributed by atoms with E-state index in [-0.39, 0.29) is 0 Å². The van der Waals surface area contributed by atoms with Crippen molar-refractivity contribution in [3.05, 3.63) is 29.6 Å². The summed E-state index contributed by atoms with van der Waals surface area (Å²) in [6.45, 7) is 7.90. The third-order valence-corrected chi connectivity index (χ3v) is 4.49. The number of hydrogen-bond donors (Lipinski definition) is 1. The van der Waals surface area contributed by atoms with Crippen molar-refractivity contribution in [2.24, 2.45) is 11.8 Å². The molecule has 106 valence electrons. The maximum Gasteiger partial charge on any atom is 0.0605 e. The summed E-state index contributed by atoms with van der Waals surface area (Å²) < 4.78 is 0. The Morgan fingerprint density at radius 1 is 1.32 bits per heavy atom. The normalized spacial score (nSPS) is 25.2. The summed E-state index contributed by atoms with van der Waals surface area (Å²) >= 11 is 0. The average molecular weight is 260 g/mol. The Bertz CT molecular complexity index is 381. The van der Waals surface area contributed by atoms with Crippen LogP contribution in [-0.2, 0) is 0 Å². The van der Waals surface area contributed by atoms with E-state index in [1.165, 1.54) is 43.4 Å². The van der Waals surface area contributed by atoms with E-state index in [2.05, 4.69) is 37.1 Å². The monoisotopic (exact) mass is 260 g/mol. The Kier molecular flexibility index (Phi) is 5.38. The molecule has 1 unspecified atom stereocenters. The lowest BCUT2D eigenvalue weighted by Crippen LogP contribution is -2.32. The highest BCUT2D eigenvalue weighted by atomic mass is 14.9. The van der Waals surface area contributed by atoms with Crippen LogP contribution in [-0.4, -0.2) is 11.5 Å². The maximum absolute atomic E-state index is 4.66. The zero-order valence-electron chi connectivity index (χ0n) is 12.7. The van der Waals surface area contributed by atoms with Gasteiger partial charge in [-0.15, -0.1) is 0 Å². The van der Waals surface area contributed by atoms with Crippen molar-refractivity contribution in [2.75, 3.05) is 6.54 Å². The molecular formula is C17H28N2. The number of hydrogen-bond acceptors (Lipinski definition) is 2. The molecule has 19 heavy (non-hydrogen) atoms. The minimum absolute atomic E-state index is 0.452. The first-order valence-electron chi connectivity index (χ1n) is 7.87. The molecule has 0 bridgehead atoms. The molecule has 1 aromatic heterocycles. The first-order chi connectivity index (χ1) is 9.22. The number of nitrogens with one attached hydrogen (secondary N) is 1. The molecule has 1 aliphatic carbocycles. The molecule has 0 aliphatic heterocycles. The Morgan fingerprint density at radius 2 is 2.05 bits per heavy atom. The minimum Gasteiger partial charge on any atom is -0.308 e. The summed E-state index contributed by atoms with van der Waals surface area (Å²) in [5.41, 5.74) is 2.60. The molecule has 0 spiro atoms. The molecule has 0 amide bonds.